The third kappa shape index (κ3) is 3.75. The second-order valence-electron chi connectivity index (χ2n) is 5.12. The SMILES string of the molecule is CSc1ccc(C(N)CC2CCCCC2)cc1. The Morgan fingerprint density at radius 3 is 2.41 bits per heavy atom. The molecule has 0 heterocycles. The number of benzene rings is 1. The molecular weight excluding hydrogens is 226 g/mol. The molecule has 2 heteroatoms. The lowest BCUT2D eigenvalue weighted by Crippen LogP contribution is -2.17. The van der Waals surface area contributed by atoms with Crippen LogP contribution in [-0.2, 0) is 0 Å². The first-order valence-corrected chi connectivity index (χ1v) is 7.91. The van der Waals surface area contributed by atoms with Crippen LogP contribution in [0.5, 0.6) is 0 Å². The molecule has 94 valence electrons. The van der Waals surface area contributed by atoms with E-state index in [1.165, 1.54) is 49.0 Å². The Morgan fingerprint density at radius 2 is 1.82 bits per heavy atom. The lowest BCUT2D eigenvalue weighted by atomic mass is 9.83. The highest BCUT2D eigenvalue weighted by atomic mass is 32.2. The van der Waals surface area contributed by atoms with Crippen LogP contribution in [0.1, 0.15) is 50.1 Å². The molecule has 0 spiro atoms. The third-order valence-electron chi connectivity index (χ3n) is 3.86. The topological polar surface area (TPSA) is 26.0 Å². The Hall–Kier alpha value is -0.470. The summed E-state index contributed by atoms with van der Waals surface area (Å²) in [5.41, 5.74) is 7.61. The van der Waals surface area contributed by atoms with E-state index in [0.717, 1.165) is 5.92 Å². The van der Waals surface area contributed by atoms with E-state index in [0.29, 0.717) is 0 Å². The maximum Gasteiger partial charge on any atom is 0.0297 e. The first kappa shape index (κ1) is 13.0. The zero-order chi connectivity index (χ0) is 12.1. The fourth-order valence-corrected chi connectivity index (χ4v) is 3.18. The minimum Gasteiger partial charge on any atom is -0.324 e. The molecule has 1 unspecified atom stereocenters. The van der Waals surface area contributed by atoms with Crippen LogP contribution in [-0.4, -0.2) is 6.26 Å². The van der Waals surface area contributed by atoms with E-state index in [-0.39, 0.29) is 6.04 Å². The molecular formula is C15H23NS. The van der Waals surface area contributed by atoms with E-state index in [4.69, 9.17) is 5.73 Å². The van der Waals surface area contributed by atoms with Crippen LogP contribution in [0.4, 0.5) is 0 Å². The summed E-state index contributed by atoms with van der Waals surface area (Å²) in [6.07, 6.45) is 10.3. The molecule has 1 saturated carbocycles. The van der Waals surface area contributed by atoms with E-state index in [1.807, 2.05) is 0 Å². The van der Waals surface area contributed by atoms with Crippen LogP contribution in [0.3, 0.4) is 0 Å². The Bertz CT molecular complexity index is 327. The highest BCUT2D eigenvalue weighted by Gasteiger charge is 2.17. The number of nitrogens with two attached hydrogens (primary N) is 1. The first-order chi connectivity index (χ1) is 8.29. The number of hydrogen-bond donors (Lipinski definition) is 1. The van der Waals surface area contributed by atoms with Crippen LogP contribution in [0.25, 0.3) is 0 Å². The van der Waals surface area contributed by atoms with Gasteiger partial charge in [-0.25, -0.2) is 0 Å². The van der Waals surface area contributed by atoms with Crippen molar-refractivity contribution < 1.29 is 0 Å². The molecule has 1 aliphatic rings. The van der Waals surface area contributed by atoms with Gasteiger partial charge in [0.1, 0.15) is 0 Å². The van der Waals surface area contributed by atoms with Crippen molar-refractivity contribution >= 4 is 11.8 Å². The molecule has 0 aromatic heterocycles. The lowest BCUT2D eigenvalue weighted by molar-refractivity contribution is 0.319. The smallest absolute Gasteiger partial charge is 0.0297 e. The van der Waals surface area contributed by atoms with Gasteiger partial charge in [-0.2, -0.15) is 0 Å². The molecule has 17 heavy (non-hydrogen) atoms. The van der Waals surface area contributed by atoms with Crippen LogP contribution in [0, 0.1) is 5.92 Å². The van der Waals surface area contributed by atoms with Gasteiger partial charge in [0.15, 0.2) is 0 Å². The molecule has 1 atom stereocenters. The predicted molar refractivity (Wildman–Crippen MR) is 76.3 cm³/mol. The summed E-state index contributed by atoms with van der Waals surface area (Å²) >= 11 is 1.78. The van der Waals surface area contributed by atoms with Crippen LogP contribution < -0.4 is 5.73 Å². The lowest BCUT2D eigenvalue weighted by Gasteiger charge is -2.24. The summed E-state index contributed by atoms with van der Waals surface area (Å²) in [6.45, 7) is 0. The molecule has 0 saturated heterocycles. The van der Waals surface area contributed by atoms with E-state index in [1.54, 1.807) is 11.8 Å². The minimum atomic E-state index is 0.231. The normalized spacial score (nSPS) is 19.2. The summed E-state index contributed by atoms with van der Waals surface area (Å²) in [7, 11) is 0. The highest BCUT2D eigenvalue weighted by molar-refractivity contribution is 7.98. The fraction of sp³-hybridized carbons (Fsp3) is 0.600. The quantitative estimate of drug-likeness (QED) is 0.801. The molecule has 0 bridgehead atoms. The van der Waals surface area contributed by atoms with Gasteiger partial charge in [0, 0.05) is 10.9 Å². The molecule has 2 N–H and O–H groups in total. The summed E-state index contributed by atoms with van der Waals surface area (Å²) in [4.78, 5) is 1.32. The predicted octanol–water partition coefficient (Wildman–Crippen LogP) is 4.38. The maximum absolute atomic E-state index is 6.31. The Kier molecular flexibility index (Phi) is 4.93. The van der Waals surface area contributed by atoms with Crippen LogP contribution in [0.2, 0.25) is 0 Å². The largest absolute Gasteiger partial charge is 0.324 e. The van der Waals surface area contributed by atoms with E-state index in [2.05, 4.69) is 30.5 Å². The van der Waals surface area contributed by atoms with Crippen molar-refractivity contribution in [3.63, 3.8) is 0 Å². The average Bonchev–Trinajstić information content (AvgIpc) is 2.40. The average molecular weight is 249 g/mol. The Balaban J connectivity index is 1.91. The van der Waals surface area contributed by atoms with E-state index in [9.17, 15) is 0 Å². The summed E-state index contributed by atoms with van der Waals surface area (Å²) in [6, 6.07) is 8.98. The van der Waals surface area contributed by atoms with Crippen molar-refractivity contribution in [3.8, 4) is 0 Å². The van der Waals surface area contributed by atoms with Crippen molar-refractivity contribution in [3.05, 3.63) is 29.8 Å². The first-order valence-electron chi connectivity index (χ1n) is 6.69. The number of thioether (sulfide) groups is 1. The Morgan fingerprint density at radius 1 is 1.18 bits per heavy atom. The molecule has 0 radical (unpaired) electrons. The van der Waals surface area contributed by atoms with Crippen LogP contribution >= 0.6 is 11.8 Å². The van der Waals surface area contributed by atoms with Gasteiger partial charge < -0.3 is 5.73 Å². The molecule has 1 nitrogen and oxygen atoms in total. The molecule has 1 aliphatic carbocycles. The standard InChI is InChI=1S/C15H23NS/c1-17-14-9-7-13(8-10-14)15(16)11-12-5-3-2-4-6-12/h7-10,12,15H,2-6,11,16H2,1H3. The zero-order valence-corrected chi connectivity index (χ0v) is 11.5. The summed E-state index contributed by atoms with van der Waals surface area (Å²) in [5, 5.41) is 0. The van der Waals surface area contributed by atoms with Crippen molar-refractivity contribution in [2.24, 2.45) is 11.7 Å². The van der Waals surface area contributed by atoms with Crippen molar-refractivity contribution in [2.75, 3.05) is 6.26 Å². The summed E-state index contributed by atoms with van der Waals surface area (Å²) < 4.78 is 0. The second kappa shape index (κ2) is 6.46. The van der Waals surface area contributed by atoms with Gasteiger partial charge in [-0.15, -0.1) is 11.8 Å². The molecule has 1 fully saturated rings. The van der Waals surface area contributed by atoms with Crippen LogP contribution in [0.15, 0.2) is 29.2 Å². The Labute approximate surface area is 109 Å². The fourth-order valence-electron chi connectivity index (χ4n) is 2.77. The molecule has 2 rings (SSSR count). The number of rotatable bonds is 4. The van der Waals surface area contributed by atoms with Gasteiger partial charge in [0.25, 0.3) is 0 Å². The maximum atomic E-state index is 6.31. The van der Waals surface area contributed by atoms with Gasteiger partial charge in [0.2, 0.25) is 0 Å². The third-order valence-corrected chi connectivity index (χ3v) is 4.60. The summed E-state index contributed by atoms with van der Waals surface area (Å²) in [5.74, 6) is 0.860. The van der Waals surface area contributed by atoms with E-state index >= 15 is 0 Å². The van der Waals surface area contributed by atoms with Gasteiger partial charge >= 0.3 is 0 Å². The van der Waals surface area contributed by atoms with Gasteiger partial charge in [-0.05, 0) is 36.3 Å². The molecule has 1 aromatic rings. The number of hydrogen-bond acceptors (Lipinski definition) is 2. The van der Waals surface area contributed by atoms with Crippen molar-refractivity contribution in [1.82, 2.24) is 0 Å². The highest BCUT2D eigenvalue weighted by Crippen LogP contribution is 2.31. The molecule has 0 amide bonds. The monoisotopic (exact) mass is 249 g/mol. The molecule has 1 aromatic carbocycles. The minimum absolute atomic E-state index is 0.231. The van der Waals surface area contributed by atoms with E-state index < -0.39 is 0 Å². The molecule has 0 aliphatic heterocycles. The van der Waals surface area contributed by atoms with Crippen molar-refractivity contribution in [1.29, 1.82) is 0 Å². The zero-order valence-electron chi connectivity index (χ0n) is 10.7. The van der Waals surface area contributed by atoms with Gasteiger partial charge in [-0.3, -0.25) is 0 Å². The van der Waals surface area contributed by atoms with Gasteiger partial charge in [0.05, 0.1) is 0 Å². The van der Waals surface area contributed by atoms with Gasteiger partial charge in [-0.1, -0.05) is 44.2 Å². The van der Waals surface area contributed by atoms with Crippen molar-refractivity contribution in [2.45, 2.75) is 49.5 Å². The second-order valence-corrected chi connectivity index (χ2v) is 6.00.